The van der Waals surface area contributed by atoms with Gasteiger partial charge in [0.25, 0.3) is 5.69 Å². The van der Waals surface area contributed by atoms with Gasteiger partial charge in [0.15, 0.2) is 4.90 Å². The molecular weight excluding hydrogens is 362 g/mol. The van der Waals surface area contributed by atoms with Crippen LogP contribution in [-0.4, -0.2) is 35.7 Å². The van der Waals surface area contributed by atoms with Gasteiger partial charge >= 0.3 is 0 Å². The number of aryl methyl sites for hydroxylation is 2. The Kier molecular flexibility index (Phi) is 4.90. The molecule has 1 aromatic carbocycles. The Bertz CT molecular complexity index is 900. The molecule has 25 heavy (non-hydrogen) atoms. The number of sulfonamides is 1. The molecule has 1 aliphatic rings. The SMILES string of the molecule is Cc1csc(C2CCN(S(=O)(=O)c3c(C)cccc3[N+](=O)[O-])CC2)n1. The fraction of sp³-hybridized carbons (Fsp3) is 0.438. The number of hydrogen-bond acceptors (Lipinski definition) is 6. The van der Waals surface area contributed by atoms with E-state index in [-0.39, 0.29) is 16.5 Å². The number of piperidine rings is 1. The van der Waals surface area contributed by atoms with E-state index in [4.69, 9.17) is 0 Å². The Hall–Kier alpha value is -1.84. The van der Waals surface area contributed by atoms with Gasteiger partial charge in [-0.2, -0.15) is 4.31 Å². The highest BCUT2D eigenvalue weighted by Crippen LogP contribution is 2.35. The largest absolute Gasteiger partial charge is 0.289 e. The second-order valence-corrected chi connectivity index (χ2v) is 8.95. The predicted octanol–water partition coefficient (Wildman–Crippen LogP) is 3.24. The highest BCUT2D eigenvalue weighted by atomic mass is 32.2. The minimum absolute atomic E-state index is 0.191. The van der Waals surface area contributed by atoms with E-state index in [2.05, 4.69) is 4.98 Å². The summed E-state index contributed by atoms with van der Waals surface area (Å²) in [5, 5.41) is 14.3. The summed E-state index contributed by atoms with van der Waals surface area (Å²) in [6.07, 6.45) is 1.34. The summed E-state index contributed by atoms with van der Waals surface area (Å²) >= 11 is 1.60. The molecule has 2 aromatic rings. The molecule has 0 amide bonds. The summed E-state index contributed by atoms with van der Waals surface area (Å²) in [6.45, 7) is 4.22. The van der Waals surface area contributed by atoms with Crippen LogP contribution in [0, 0.1) is 24.0 Å². The Balaban J connectivity index is 1.85. The third-order valence-electron chi connectivity index (χ3n) is 4.43. The first kappa shape index (κ1) is 18.0. The molecular formula is C16H19N3O4S2. The lowest BCUT2D eigenvalue weighted by Crippen LogP contribution is -2.38. The first-order valence-electron chi connectivity index (χ1n) is 7.97. The number of aromatic nitrogens is 1. The van der Waals surface area contributed by atoms with Gasteiger partial charge in [0.2, 0.25) is 10.0 Å². The van der Waals surface area contributed by atoms with Crippen molar-refractivity contribution in [1.82, 2.24) is 9.29 Å². The zero-order valence-corrected chi connectivity index (χ0v) is 15.6. The third kappa shape index (κ3) is 3.44. The van der Waals surface area contributed by atoms with Gasteiger partial charge in [0.05, 0.1) is 9.93 Å². The van der Waals surface area contributed by atoms with Crippen molar-refractivity contribution in [3.63, 3.8) is 0 Å². The van der Waals surface area contributed by atoms with Crippen LogP contribution in [0.25, 0.3) is 0 Å². The van der Waals surface area contributed by atoms with Crippen LogP contribution in [0.3, 0.4) is 0 Å². The zero-order valence-electron chi connectivity index (χ0n) is 14.0. The van der Waals surface area contributed by atoms with Crippen molar-refractivity contribution in [2.24, 2.45) is 0 Å². The smallest absolute Gasteiger partial charge is 0.258 e. The minimum atomic E-state index is -3.89. The topological polar surface area (TPSA) is 93.4 Å². The Labute approximate surface area is 150 Å². The lowest BCUT2D eigenvalue weighted by Gasteiger charge is -2.30. The van der Waals surface area contributed by atoms with E-state index in [0.29, 0.717) is 31.5 Å². The maximum atomic E-state index is 13.0. The van der Waals surface area contributed by atoms with E-state index in [1.54, 1.807) is 24.3 Å². The van der Waals surface area contributed by atoms with Crippen LogP contribution in [0.2, 0.25) is 0 Å². The third-order valence-corrected chi connectivity index (χ3v) is 7.64. The normalized spacial score (nSPS) is 16.9. The van der Waals surface area contributed by atoms with Crippen molar-refractivity contribution < 1.29 is 13.3 Å². The number of nitro benzene ring substituents is 1. The Morgan fingerprint density at radius 2 is 1.96 bits per heavy atom. The predicted molar refractivity (Wildman–Crippen MR) is 95.4 cm³/mol. The van der Waals surface area contributed by atoms with E-state index in [1.165, 1.54) is 16.4 Å². The lowest BCUT2D eigenvalue weighted by atomic mass is 9.99. The van der Waals surface area contributed by atoms with E-state index < -0.39 is 14.9 Å². The van der Waals surface area contributed by atoms with Gasteiger partial charge in [-0.1, -0.05) is 12.1 Å². The molecule has 0 saturated carbocycles. The maximum absolute atomic E-state index is 13.0. The maximum Gasteiger partial charge on any atom is 0.289 e. The second kappa shape index (κ2) is 6.81. The molecule has 0 spiro atoms. The van der Waals surface area contributed by atoms with Gasteiger partial charge in [-0.15, -0.1) is 11.3 Å². The van der Waals surface area contributed by atoms with Gasteiger partial charge in [0, 0.05) is 36.1 Å². The van der Waals surface area contributed by atoms with Crippen molar-refractivity contribution in [1.29, 1.82) is 0 Å². The molecule has 1 saturated heterocycles. The lowest BCUT2D eigenvalue weighted by molar-refractivity contribution is -0.387. The molecule has 0 unspecified atom stereocenters. The van der Waals surface area contributed by atoms with Gasteiger partial charge in [-0.05, 0) is 32.3 Å². The van der Waals surface area contributed by atoms with E-state index in [0.717, 1.165) is 10.7 Å². The fourth-order valence-corrected chi connectivity index (χ4v) is 5.95. The molecule has 0 aliphatic carbocycles. The number of nitro groups is 1. The van der Waals surface area contributed by atoms with Crippen LogP contribution in [0.4, 0.5) is 5.69 Å². The van der Waals surface area contributed by atoms with Crippen LogP contribution >= 0.6 is 11.3 Å². The highest BCUT2D eigenvalue weighted by molar-refractivity contribution is 7.89. The standard InChI is InChI=1S/C16H19N3O4S2/c1-11-4-3-5-14(19(20)21)15(11)25(22,23)18-8-6-13(7-9-18)16-17-12(2)10-24-16/h3-5,10,13H,6-9H2,1-2H3. The number of nitrogens with zero attached hydrogens (tertiary/aromatic N) is 3. The number of hydrogen-bond donors (Lipinski definition) is 0. The quantitative estimate of drug-likeness (QED) is 0.599. The Morgan fingerprint density at radius 1 is 1.28 bits per heavy atom. The fourth-order valence-electron chi connectivity index (χ4n) is 3.15. The van der Waals surface area contributed by atoms with E-state index in [9.17, 15) is 18.5 Å². The first-order chi connectivity index (χ1) is 11.8. The molecule has 0 radical (unpaired) electrons. The highest BCUT2D eigenvalue weighted by Gasteiger charge is 2.36. The van der Waals surface area contributed by atoms with Gasteiger partial charge < -0.3 is 0 Å². The second-order valence-electron chi connectivity index (χ2n) is 6.19. The molecule has 0 atom stereocenters. The monoisotopic (exact) mass is 381 g/mol. The molecule has 134 valence electrons. The molecule has 3 rings (SSSR count). The van der Waals surface area contributed by atoms with Crippen LogP contribution in [0.5, 0.6) is 0 Å². The average molecular weight is 381 g/mol. The average Bonchev–Trinajstić information content (AvgIpc) is 3.01. The number of rotatable bonds is 4. The van der Waals surface area contributed by atoms with Crippen LogP contribution in [-0.2, 0) is 10.0 Å². The van der Waals surface area contributed by atoms with Crippen molar-refractivity contribution >= 4 is 27.0 Å². The molecule has 7 nitrogen and oxygen atoms in total. The van der Waals surface area contributed by atoms with Crippen LogP contribution in [0.15, 0.2) is 28.5 Å². The number of benzene rings is 1. The zero-order chi connectivity index (χ0) is 18.2. The van der Waals surface area contributed by atoms with Crippen LogP contribution < -0.4 is 0 Å². The molecule has 0 N–H and O–H groups in total. The summed E-state index contributed by atoms with van der Waals surface area (Å²) in [4.78, 5) is 14.9. The van der Waals surface area contributed by atoms with Gasteiger partial charge in [0.1, 0.15) is 0 Å². The van der Waals surface area contributed by atoms with E-state index in [1.807, 2.05) is 12.3 Å². The summed E-state index contributed by atoms with van der Waals surface area (Å²) in [7, 11) is -3.89. The van der Waals surface area contributed by atoms with Gasteiger partial charge in [-0.25, -0.2) is 13.4 Å². The first-order valence-corrected chi connectivity index (χ1v) is 10.3. The van der Waals surface area contributed by atoms with Crippen molar-refractivity contribution in [3.8, 4) is 0 Å². The molecule has 1 aliphatic heterocycles. The summed E-state index contributed by atoms with van der Waals surface area (Å²) in [5.74, 6) is 0.247. The minimum Gasteiger partial charge on any atom is -0.258 e. The van der Waals surface area contributed by atoms with Crippen molar-refractivity contribution in [2.75, 3.05) is 13.1 Å². The number of thiazole rings is 1. The summed E-state index contributed by atoms with van der Waals surface area (Å²) < 4.78 is 27.3. The van der Waals surface area contributed by atoms with Crippen LogP contribution in [0.1, 0.15) is 35.0 Å². The Morgan fingerprint density at radius 3 is 2.52 bits per heavy atom. The summed E-state index contributed by atoms with van der Waals surface area (Å²) in [5.41, 5.74) is 1.01. The molecule has 0 bridgehead atoms. The van der Waals surface area contributed by atoms with Crippen molar-refractivity contribution in [3.05, 3.63) is 50.0 Å². The van der Waals surface area contributed by atoms with Gasteiger partial charge in [-0.3, -0.25) is 10.1 Å². The molecule has 1 fully saturated rings. The molecule has 2 heterocycles. The summed E-state index contributed by atoms with van der Waals surface area (Å²) in [6, 6.07) is 4.33. The molecule has 9 heteroatoms. The molecule has 1 aromatic heterocycles. The van der Waals surface area contributed by atoms with E-state index >= 15 is 0 Å². The van der Waals surface area contributed by atoms with Crippen molar-refractivity contribution in [2.45, 2.75) is 37.5 Å².